The van der Waals surface area contributed by atoms with Crippen LogP contribution in [0.1, 0.15) is 19.8 Å². The molecule has 4 unspecified atom stereocenters. The van der Waals surface area contributed by atoms with Crippen LogP contribution in [-0.4, -0.2) is 6.04 Å². The highest BCUT2D eigenvalue weighted by Crippen LogP contribution is 2.45. The van der Waals surface area contributed by atoms with Crippen LogP contribution in [0.15, 0.2) is 36.4 Å². The number of anilines is 1. The molecule has 0 amide bonds. The summed E-state index contributed by atoms with van der Waals surface area (Å²) in [6, 6.07) is 8.49. The largest absolute Gasteiger partial charge is 0.381 e. The number of halogens is 1. The number of fused-ring (bicyclic) bond motifs is 2. The summed E-state index contributed by atoms with van der Waals surface area (Å²) in [4.78, 5) is 0. The van der Waals surface area contributed by atoms with Gasteiger partial charge >= 0.3 is 0 Å². The molecule has 0 heterocycles. The molecule has 3 rings (SSSR count). The van der Waals surface area contributed by atoms with E-state index in [1.165, 1.54) is 12.8 Å². The highest BCUT2D eigenvalue weighted by Gasteiger charge is 2.38. The molecule has 2 heteroatoms. The number of hydrogen-bond acceptors (Lipinski definition) is 1. The average Bonchev–Trinajstić information content (AvgIpc) is 2.94. The minimum atomic E-state index is 0.495. The van der Waals surface area contributed by atoms with Crippen molar-refractivity contribution in [2.24, 2.45) is 17.8 Å². The van der Waals surface area contributed by atoms with E-state index in [2.05, 4.69) is 30.5 Å². The van der Waals surface area contributed by atoms with Crippen molar-refractivity contribution in [2.75, 3.05) is 5.32 Å². The van der Waals surface area contributed by atoms with Gasteiger partial charge in [-0.05, 0) is 49.7 Å². The Kier molecular flexibility index (Phi) is 2.87. The van der Waals surface area contributed by atoms with Gasteiger partial charge in [0.15, 0.2) is 0 Å². The molecule has 0 aromatic heterocycles. The molecule has 1 nitrogen and oxygen atoms in total. The average molecular weight is 248 g/mol. The van der Waals surface area contributed by atoms with Crippen LogP contribution >= 0.6 is 11.6 Å². The van der Waals surface area contributed by atoms with Crippen LogP contribution in [0.3, 0.4) is 0 Å². The maximum Gasteiger partial charge on any atom is 0.0637 e. The third-order valence-corrected chi connectivity index (χ3v) is 4.56. The van der Waals surface area contributed by atoms with Gasteiger partial charge in [-0.1, -0.05) is 35.9 Å². The van der Waals surface area contributed by atoms with E-state index in [-0.39, 0.29) is 0 Å². The molecule has 1 fully saturated rings. The van der Waals surface area contributed by atoms with Crippen molar-refractivity contribution in [1.29, 1.82) is 0 Å². The molecule has 0 aliphatic heterocycles. The normalized spacial score (nSPS) is 31.8. The summed E-state index contributed by atoms with van der Waals surface area (Å²) in [7, 11) is 0. The molecule has 17 heavy (non-hydrogen) atoms. The first-order valence-corrected chi connectivity index (χ1v) is 6.81. The van der Waals surface area contributed by atoms with Crippen LogP contribution in [0.2, 0.25) is 5.02 Å². The summed E-state index contributed by atoms with van der Waals surface area (Å²) >= 11 is 6.18. The van der Waals surface area contributed by atoms with Crippen molar-refractivity contribution in [3.05, 3.63) is 41.4 Å². The van der Waals surface area contributed by atoms with Gasteiger partial charge in [-0.15, -0.1) is 0 Å². The highest BCUT2D eigenvalue weighted by molar-refractivity contribution is 6.33. The molecular weight excluding hydrogens is 230 g/mol. The lowest BCUT2D eigenvalue weighted by Crippen LogP contribution is -2.28. The molecule has 1 aromatic carbocycles. The second-order valence-corrected chi connectivity index (χ2v) is 5.76. The van der Waals surface area contributed by atoms with Gasteiger partial charge in [-0.3, -0.25) is 0 Å². The smallest absolute Gasteiger partial charge is 0.0637 e. The van der Waals surface area contributed by atoms with Crippen LogP contribution in [0.5, 0.6) is 0 Å². The summed E-state index contributed by atoms with van der Waals surface area (Å²) in [5, 5.41) is 4.39. The van der Waals surface area contributed by atoms with Gasteiger partial charge in [-0.2, -0.15) is 0 Å². The molecule has 90 valence electrons. The summed E-state index contributed by atoms with van der Waals surface area (Å²) in [5.74, 6) is 2.38. The van der Waals surface area contributed by atoms with E-state index in [0.717, 1.165) is 28.5 Å². The highest BCUT2D eigenvalue weighted by atomic mass is 35.5. The summed E-state index contributed by atoms with van der Waals surface area (Å²) < 4.78 is 0. The maximum absolute atomic E-state index is 6.18. The van der Waals surface area contributed by atoms with Crippen molar-refractivity contribution in [3.8, 4) is 0 Å². The van der Waals surface area contributed by atoms with E-state index in [0.29, 0.717) is 6.04 Å². The Labute approximate surface area is 108 Å². The Morgan fingerprint density at radius 1 is 1.24 bits per heavy atom. The number of hydrogen-bond donors (Lipinski definition) is 1. The number of allylic oxidation sites excluding steroid dienone is 2. The molecule has 0 saturated heterocycles. The maximum atomic E-state index is 6.18. The zero-order valence-electron chi connectivity index (χ0n) is 10.1. The second-order valence-electron chi connectivity index (χ2n) is 5.36. The van der Waals surface area contributed by atoms with E-state index < -0.39 is 0 Å². The van der Waals surface area contributed by atoms with E-state index in [4.69, 9.17) is 11.6 Å². The second kappa shape index (κ2) is 4.38. The number of benzene rings is 1. The van der Waals surface area contributed by atoms with Crippen LogP contribution < -0.4 is 5.32 Å². The zero-order valence-corrected chi connectivity index (χ0v) is 10.8. The van der Waals surface area contributed by atoms with E-state index in [1.807, 2.05) is 18.2 Å². The number of nitrogens with one attached hydrogen (secondary N) is 1. The standard InChI is InChI=1S/C15H18ClN/c1-10(13-9-11-6-7-12(13)8-11)17-15-5-3-2-4-14(15)16/h2-7,10-13,17H,8-9H2,1H3. The molecular formula is C15H18ClN. The fourth-order valence-corrected chi connectivity index (χ4v) is 3.52. The van der Waals surface area contributed by atoms with Crippen LogP contribution in [0.4, 0.5) is 5.69 Å². The molecule has 1 N–H and O–H groups in total. The van der Waals surface area contributed by atoms with Crippen LogP contribution in [0, 0.1) is 17.8 Å². The van der Waals surface area contributed by atoms with Crippen molar-refractivity contribution in [1.82, 2.24) is 0 Å². The Bertz CT molecular complexity index is 440. The lowest BCUT2D eigenvalue weighted by Gasteiger charge is -2.27. The SMILES string of the molecule is CC(Nc1ccccc1Cl)C1CC2C=CC1C2. The monoisotopic (exact) mass is 247 g/mol. The molecule has 4 atom stereocenters. The van der Waals surface area contributed by atoms with Gasteiger partial charge in [0.2, 0.25) is 0 Å². The summed E-state index contributed by atoms with van der Waals surface area (Å²) in [6.45, 7) is 2.28. The van der Waals surface area contributed by atoms with E-state index >= 15 is 0 Å². The molecule has 0 spiro atoms. The number of rotatable bonds is 3. The van der Waals surface area contributed by atoms with Crippen molar-refractivity contribution < 1.29 is 0 Å². The molecule has 2 aliphatic carbocycles. The van der Waals surface area contributed by atoms with Gasteiger partial charge in [0, 0.05) is 6.04 Å². The topological polar surface area (TPSA) is 12.0 Å². The molecule has 2 bridgehead atoms. The van der Waals surface area contributed by atoms with Gasteiger partial charge in [0.05, 0.1) is 10.7 Å². The third-order valence-electron chi connectivity index (χ3n) is 4.23. The van der Waals surface area contributed by atoms with Gasteiger partial charge in [0.1, 0.15) is 0 Å². The lowest BCUT2D eigenvalue weighted by atomic mass is 9.87. The Balaban J connectivity index is 1.70. The molecule has 1 aromatic rings. The van der Waals surface area contributed by atoms with Crippen molar-refractivity contribution in [2.45, 2.75) is 25.8 Å². The minimum Gasteiger partial charge on any atom is -0.381 e. The Morgan fingerprint density at radius 3 is 2.71 bits per heavy atom. The first kappa shape index (κ1) is 11.2. The minimum absolute atomic E-state index is 0.495. The lowest BCUT2D eigenvalue weighted by molar-refractivity contribution is 0.400. The predicted molar refractivity (Wildman–Crippen MR) is 73.4 cm³/mol. The first-order valence-electron chi connectivity index (χ1n) is 6.43. The van der Waals surface area contributed by atoms with E-state index in [1.54, 1.807) is 0 Å². The molecule has 2 aliphatic rings. The van der Waals surface area contributed by atoms with Crippen molar-refractivity contribution >= 4 is 17.3 Å². The summed E-state index contributed by atoms with van der Waals surface area (Å²) in [5.41, 5.74) is 1.06. The van der Waals surface area contributed by atoms with Crippen molar-refractivity contribution in [3.63, 3.8) is 0 Å². The molecule has 1 saturated carbocycles. The zero-order chi connectivity index (χ0) is 11.8. The quantitative estimate of drug-likeness (QED) is 0.783. The van der Waals surface area contributed by atoms with Gasteiger partial charge in [-0.25, -0.2) is 0 Å². The predicted octanol–water partition coefficient (Wildman–Crippen LogP) is 4.35. The van der Waals surface area contributed by atoms with E-state index in [9.17, 15) is 0 Å². The van der Waals surface area contributed by atoms with Gasteiger partial charge in [0.25, 0.3) is 0 Å². The van der Waals surface area contributed by atoms with Crippen LogP contribution in [-0.2, 0) is 0 Å². The van der Waals surface area contributed by atoms with Crippen LogP contribution in [0.25, 0.3) is 0 Å². The fourth-order valence-electron chi connectivity index (χ4n) is 3.33. The first-order chi connectivity index (χ1) is 8.24. The van der Waals surface area contributed by atoms with Gasteiger partial charge < -0.3 is 5.32 Å². The molecule has 0 radical (unpaired) electrons. The fraction of sp³-hybridized carbons (Fsp3) is 0.467. The Hall–Kier alpha value is -0.950. The third kappa shape index (κ3) is 2.09. The summed E-state index contributed by atoms with van der Waals surface area (Å²) in [6.07, 6.45) is 7.49. The number of para-hydroxylation sites is 1. The Morgan fingerprint density at radius 2 is 2.06 bits per heavy atom.